The van der Waals surface area contributed by atoms with Crippen LogP contribution in [0.4, 0.5) is 0 Å². The molecule has 0 aromatic heterocycles. The van der Waals surface area contributed by atoms with Crippen LogP contribution in [-0.4, -0.2) is 31.1 Å². The minimum Gasteiger partial charge on any atom is -0.494 e. The van der Waals surface area contributed by atoms with Crippen LogP contribution in [0.1, 0.15) is 57.1 Å². The molecule has 0 aliphatic carbocycles. The Morgan fingerprint density at radius 1 is 0.704 bits per heavy atom. The van der Waals surface area contributed by atoms with Crippen molar-refractivity contribution in [1.82, 2.24) is 4.90 Å². The maximum atomic E-state index is 5.80. The average Bonchev–Trinajstić information content (AvgIpc) is 2.72. The van der Waals surface area contributed by atoms with Gasteiger partial charge >= 0.3 is 0 Å². The van der Waals surface area contributed by atoms with Crippen LogP contribution in [0.15, 0.2) is 54.6 Å². The van der Waals surface area contributed by atoms with Gasteiger partial charge in [0.2, 0.25) is 0 Å². The van der Waals surface area contributed by atoms with Crippen LogP contribution in [0.3, 0.4) is 0 Å². The fourth-order valence-corrected chi connectivity index (χ4v) is 3.38. The third-order valence-electron chi connectivity index (χ3n) is 5.11. The standard InChI is InChI=1S/C25H37NO/c1-3-5-9-22-27-25-18-16-24(17-19-25)15-11-21-26(4-2)20-10-14-23-12-7-6-8-13-23/h6-8,12-13,16-19H,3-5,9-11,14-15,20-22H2,1-2H3. The van der Waals surface area contributed by atoms with Gasteiger partial charge in [-0.2, -0.15) is 0 Å². The molecule has 0 amide bonds. The van der Waals surface area contributed by atoms with Crippen molar-refractivity contribution in [2.75, 3.05) is 26.2 Å². The summed E-state index contributed by atoms with van der Waals surface area (Å²) in [6, 6.07) is 19.5. The third kappa shape index (κ3) is 9.10. The lowest BCUT2D eigenvalue weighted by Crippen LogP contribution is -2.26. The SMILES string of the molecule is CCCCCOc1ccc(CCCN(CC)CCCc2ccccc2)cc1. The number of ether oxygens (including phenoxy) is 1. The molecule has 0 unspecified atom stereocenters. The van der Waals surface area contributed by atoms with E-state index in [2.05, 4.69) is 73.3 Å². The molecule has 2 heteroatoms. The first kappa shape index (κ1) is 21.5. The summed E-state index contributed by atoms with van der Waals surface area (Å²) in [6.07, 6.45) is 8.41. The van der Waals surface area contributed by atoms with Crippen molar-refractivity contribution in [1.29, 1.82) is 0 Å². The Morgan fingerprint density at radius 2 is 1.33 bits per heavy atom. The van der Waals surface area contributed by atoms with E-state index in [0.717, 1.165) is 31.7 Å². The first-order chi connectivity index (χ1) is 13.3. The lowest BCUT2D eigenvalue weighted by atomic mass is 10.1. The van der Waals surface area contributed by atoms with Crippen LogP contribution in [-0.2, 0) is 12.8 Å². The fraction of sp³-hybridized carbons (Fsp3) is 0.520. The second-order valence-corrected chi connectivity index (χ2v) is 7.33. The molecule has 2 aromatic carbocycles. The number of unbranched alkanes of at least 4 members (excludes halogenated alkanes) is 2. The molecule has 148 valence electrons. The molecule has 0 aliphatic rings. The quantitative estimate of drug-likeness (QED) is 0.372. The molecule has 2 rings (SSSR count). The number of benzene rings is 2. The number of rotatable bonds is 14. The summed E-state index contributed by atoms with van der Waals surface area (Å²) < 4.78 is 5.80. The Morgan fingerprint density at radius 3 is 1.93 bits per heavy atom. The van der Waals surface area contributed by atoms with Crippen LogP contribution < -0.4 is 4.74 Å². The first-order valence-electron chi connectivity index (χ1n) is 10.8. The highest BCUT2D eigenvalue weighted by Crippen LogP contribution is 2.14. The van der Waals surface area contributed by atoms with Gasteiger partial charge in [0, 0.05) is 0 Å². The van der Waals surface area contributed by atoms with E-state index >= 15 is 0 Å². The van der Waals surface area contributed by atoms with Gasteiger partial charge in [-0.05, 0) is 75.0 Å². The normalized spacial score (nSPS) is 11.1. The smallest absolute Gasteiger partial charge is 0.119 e. The van der Waals surface area contributed by atoms with Crippen molar-refractivity contribution < 1.29 is 4.74 Å². The molecule has 0 saturated heterocycles. The largest absolute Gasteiger partial charge is 0.494 e. The van der Waals surface area contributed by atoms with Crippen molar-refractivity contribution in [2.24, 2.45) is 0 Å². The number of hydrogen-bond acceptors (Lipinski definition) is 2. The number of nitrogens with zero attached hydrogens (tertiary/aromatic N) is 1. The molecule has 2 aromatic rings. The topological polar surface area (TPSA) is 12.5 Å². The van der Waals surface area contributed by atoms with Gasteiger partial charge in [0.25, 0.3) is 0 Å². The van der Waals surface area contributed by atoms with Crippen molar-refractivity contribution in [2.45, 2.75) is 58.8 Å². The van der Waals surface area contributed by atoms with Gasteiger partial charge in [0.1, 0.15) is 5.75 Å². The van der Waals surface area contributed by atoms with Crippen LogP contribution in [0, 0.1) is 0 Å². The molecule has 0 N–H and O–H groups in total. The van der Waals surface area contributed by atoms with Crippen LogP contribution in [0.2, 0.25) is 0 Å². The molecule has 2 nitrogen and oxygen atoms in total. The molecule has 0 saturated carbocycles. The zero-order chi connectivity index (χ0) is 19.2. The van der Waals surface area contributed by atoms with E-state index in [1.807, 2.05) is 0 Å². The Bertz CT molecular complexity index is 593. The van der Waals surface area contributed by atoms with Crippen molar-refractivity contribution >= 4 is 0 Å². The van der Waals surface area contributed by atoms with E-state index in [1.165, 1.54) is 56.3 Å². The highest BCUT2D eigenvalue weighted by molar-refractivity contribution is 5.27. The summed E-state index contributed by atoms with van der Waals surface area (Å²) in [5, 5.41) is 0. The van der Waals surface area contributed by atoms with Crippen LogP contribution in [0.5, 0.6) is 5.75 Å². The third-order valence-corrected chi connectivity index (χ3v) is 5.11. The van der Waals surface area contributed by atoms with Crippen molar-refractivity contribution in [3.05, 3.63) is 65.7 Å². The Labute approximate surface area is 166 Å². The zero-order valence-electron chi connectivity index (χ0n) is 17.3. The molecular weight excluding hydrogens is 330 g/mol. The number of aryl methyl sites for hydroxylation is 2. The maximum absolute atomic E-state index is 5.80. The Balaban J connectivity index is 1.61. The average molecular weight is 368 g/mol. The molecule has 0 heterocycles. The molecule has 0 aliphatic heterocycles. The van der Waals surface area contributed by atoms with Gasteiger partial charge in [-0.1, -0.05) is 69.2 Å². The van der Waals surface area contributed by atoms with Gasteiger partial charge in [-0.25, -0.2) is 0 Å². The first-order valence-corrected chi connectivity index (χ1v) is 10.8. The van der Waals surface area contributed by atoms with Gasteiger partial charge in [-0.3, -0.25) is 0 Å². The van der Waals surface area contributed by atoms with E-state index in [-0.39, 0.29) is 0 Å². The van der Waals surface area contributed by atoms with Gasteiger partial charge in [0.15, 0.2) is 0 Å². The van der Waals surface area contributed by atoms with E-state index in [0.29, 0.717) is 0 Å². The summed E-state index contributed by atoms with van der Waals surface area (Å²) >= 11 is 0. The molecular formula is C25H37NO. The second kappa shape index (κ2) is 13.4. The van der Waals surface area contributed by atoms with Gasteiger partial charge in [0.05, 0.1) is 6.61 Å². The van der Waals surface area contributed by atoms with Crippen molar-refractivity contribution in [3.8, 4) is 5.75 Å². The second-order valence-electron chi connectivity index (χ2n) is 7.33. The summed E-state index contributed by atoms with van der Waals surface area (Å²) in [6.45, 7) is 8.84. The van der Waals surface area contributed by atoms with Crippen molar-refractivity contribution in [3.63, 3.8) is 0 Å². The summed E-state index contributed by atoms with van der Waals surface area (Å²) in [5.41, 5.74) is 2.86. The molecule has 0 radical (unpaired) electrons. The molecule has 27 heavy (non-hydrogen) atoms. The minimum atomic E-state index is 0.835. The van der Waals surface area contributed by atoms with Crippen LogP contribution >= 0.6 is 0 Å². The van der Waals surface area contributed by atoms with Crippen LogP contribution in [0.25, 0.3) is 0 Å². The monoisotopic (exact) mass is 367 g/mol. The van der Waals surface area contributed by atoms with E-state index in [1.54, 1.807) is 0 Å². The van der Waals surface area contributed by atoms with E-state index in [4.69, 9.17) is 4.74 Å². The molecule has 0 spiro atoms. The molecule has 0 bridgehead atoms. The summed E-state index contributed by atoms with van der Waals surface area (Å²) in [7, 11) is 0. The lowest BCUT2D eigenvalue weighted by Gasteiger charge is -2.20. The maximum Gasteiger partial charge on any atom is 0.119 e. The molecule has 0 fully saturated rings. The van der Waals surface area contributed by atoms with Gasteiger partial charge in [-0.15, -0.1) is 0 Å². The minimum absolute atomic E-state index is 0.835. The summed E-state index contributed by atoms with van der Waals surface area (Å²) in [4.78, 5) is 2.58. The number of hydrogen-bond donors (Lipinski definition) is 0. The highest BCUT2D eigenvalue weighted by Gasteiger charge is 2.03. The van der Waals surface area contributed by atoms with E-state index < -0.39 is 0 Å². The lowest BCUT2D eigenvalue weighted by molar-refractivity contribution is 0.281. The highest BCUT2D eigenvalue weighted by atomic mass is 16.5. The molecule has 0 atom stereocenters. The fourth-order valence-electron chi connectivity index (χ4n) is 3.38. The Hall–Kier alpha value is -1.80. The zero-order valence-corrected chi connectivity index (χ0v) is 17.3. The predicted octanol–water partition coefficient (Wildman–Crippen LogP) is 6.14. The van der Waals surface area contributed by atoms with Gasteiger partial charge < -0.3 is 9.64 Å². The Kier molecular flexibility index (Phi) is 10.7. The summed E-state index contributed by atoms with van der Waals surface area (Å²) in [5.74, 6) is 1.01. The predicted molar refractivity (Wildman–Crippen MR) is 117 cm³/mol. The van der Waals surface area contributed by atoms with E-state index in [9.17, 15) is 0 Å².